The molecule has 0 saturated heterocycles. The number of nitrogens with zero attached hydrogens (tertiary/aromatic N) is 3. The van der Waals surface area contributed by atoms with Crippen molar-refractivity contribution in [2.24, 2.45) is 0 Å². The predicted molar refractivity (Wildman–Crippen MR) is 106 cm³/mol. The summed E-state index contributed by atoms with van der Waals surface area (Å²) in [6.45, 7) is 5.89. The number of aromatic nitrogens is 1. The van der Waals surface area contributed by atoms with Gasteiger partial charge in [-0.15, -0.1) is 11.3 Å². The first kappa shape index (κ1) is 18.6. The van der Waals surface area contributed by atoms with E-state index >= 15 is 0 Å². The zero-order valence-electron chi connectivity index (χ0n) is 15.4. The summed E-state index contributed by atoms with van der Waals surface area (Å²) >= 11 is 1.40. The van der Waals surface area contributed by atoms with Crippen molar-refractivity contribution in [3.05, 3.63) is 70.2 Å². The first-order valence-electron chi connectivity index (χ1n) is 8.43. The van der Waals surface area contributed by atoms with Crippen LogP contribution in [-0.4, -0.2) is 10.9 Å². The Balaban J connectivity index is 1.76. The Labute approximate surface area is 162 Å². The minimum absolute atomic E-state index is 0.0906. The van der Waals surface area contributed by atoms with E-state index in [1.54, 1.807) is 29.2 Å². The Morgan fingerprint density at radius 1 is 1.19 bits per heavy atom. The second-order valence-corrected chi connectivity index (χ2v) is 7.01. The molecule has 0 spiro atoms. The van der Waals surface area contributed by atoms with Gasteiger partial charge in [0.2, 0.25) is 5.91 Å². The number of anilines is 2. The fourth-order valence-corrected chi connectivity index (χ4v) is 3.41. The molecule has 136 valence electrons. The van der Waals surface area contributed by atoms with Gasteiger partial charge in [0, 0.05) is 12.3 Å². The number of carbonyl (C=O) groups is 1. The van der Waals surface area contributed by atoms with E-state index in [1.165, 1.54) is 23.8 Å². The van der Waals surface area contributed by atoms with Crippen LogP contribution in [0, 0.1) is 25.2 Å². The molecule has 0 radical (unpaired) electrons. The standard InChI is InChI=1S/C21H19N3O2S/c1-14-4-7-19(10-15(14)2)24(16(3)25)21-23-18(13-27-21)12-26-20-8-5-17(11-22)6-9-20/h4-10,13H,12H2,1-3H3. The van der Waals surface area contributed by atoms with Crippen molar-refractivity contribution in [1.82, 2.24) is 4.98 Å². The van der Waals surface area contributed by atoms with E-state index in [2.05, 4.69) is 11.1 Å². The largest absolute Gasteiger partial charge is 0.487 e. The van der Waals surface area contributed by atoms with Crippen molar-refractivity contribution in [2.45, 2.75) is 27.4 Å². The maximum absolute atomic E-state index is 12.2. The van der Waals surface area contributed by atoms with Crippen LogP contribution in [0.15, 0.2) is 47.8 Å². The van der Waals surface area contributed by atoms with Gasteiger partial charge in [0.05, 0.1) is 23.0 Å². The van der Waals surface area contributed by atoms with Crippen LogP contribution >= 0.6 is 11.3 Å². The monoisotopic (exact) mass is 377 g/mol. The van der Waals surface area contributed by atoms with Crippen LogP contribution in [0.5, 0.6) is 5.75 Å². The third kappa shape index (κ3) is 4.33. The van der Waals surface area contributed by atoms with E-state index in [4.69, 9.17) is 10.00 Å². The molecule has 3 aromatic rings. The third-order valence-electron chi connectivity index (χ3n) is 4.16. The van der Waals surface area contributed by atoms with E-state index in [0.717, 1.165) is 16.9 Å². The molecule has 1 aromatic heterocycles. The molecular formula is C21H19N3O2S. The topological polar surface area (TPSA) is 66.2 Å². The summed E-state index contributed by atoms with van der Waals surface area (Å²) in [7, 11) is 0. The Morgan fingerprint density at radius 3 is 2.56 bits per heavy atom. The van der Waals surface area contributed by atoms with Gasteiger partial charge in [0.15, 0.2) is 5.13 Å². The van der Waals surface area contributed by atoms with Crippen molar-refractivity contribution >= 4 is 28.1 Å². The fourth-order valence-electron chi connectivity index (χ4n) is 2.54. The van der Waals surface area contributed by atoms with E-state index < -0.39 is 0 Å². The Kier molecular flexibility index (Phi) is 5.53. The third-order valence-corrected chi connectivity index (χ3v) is 5.04. The smallest absolute Gasteiger partial charge is 0.230 e. The Bertz CT molecular complexity index is 1000. The minimum atomic E-state index is -0.0906. The van der Waals surface area contributed by atoms with Crippen LogP contribution in [0.2, 0.25) is 0 Å². The highest BCUT2D eigenvalue weighted by Crippen LogP contribution is 2.30. The summed E-state index contributed by atoms with van der Waals surface area (Å²) in [6.07, 6.45) is 0. The maximum Gasteiger partial charge on any atom is 0.230 e. The number of carbonyl (C=O) groups excluding carboxylic acids is 1. The maximum atomic E-state index is 12.2. The molecule has 0 N–H and O–H groups in total. The number of hydrogen-bond donors (Lipinski definition) is 0. The zero-order chi connectivity index (χ0) is 19.4. The number of ether oxygens (including phenoxy) is 1. The van der Waals surface area contributed by atoms with Gasteiger partial charge >= 0.3 is 0 Å². The van der Waals surface area contributed by atoms with E-state index in [-0.39, 0.29) is 5.91 Å². The van der Waals surface area contributed by atoms with Gasteiger partial charge in [-0.25, -0.2) is 4.98 Å². The van der Waals surface area contributed by atoms with Gasteiger partial charge < -0.3 is 4.74 Å². The van der Waals surface area contributed by atoms with Crippen LogP contribution in [-0.2, 0) is 11.4 Å². The lowest BCUT2D eigenvalue weighted by molar-refractivity contribution is -0.115. The summed E-state index contributed by atoms with van der Waals surface area (Å²) in [5, 5.41) is 11.3. The highest BCUT2D eigenvalue weighted by atomic mass is 32.1. The van der Waals surface area contributed by atoms with Gasteiger partial charge in [-0.05, 0) is 61.4 Å². The van der Waals surface area contributed by atoms with Crippen LogP contribution < -0.4 is 9.64 Å². The zero-order valence-corrected chi connectivity index (χ0v) is 16.2. The number of rotatable bonds is 5. The molecule has 1 amide bonds. The molecule has 0 fully saturated rings. The molecule has 5 nitrogen and oxygen atoms in total. The Morgan fingerprint density at radius 2 is 1.93 bits per heavy atom. The van der Waals surface area contributed by atoms with Crippen molar-refractivity contribution in [3.63, 3.8) is 0 Å². The highest BCUT2D eigenvalue weighted by Gasteiger charge is 2.18. The molecule has 1 heterocycles. The summed E-state index contributed by atoms with van der Waals surface area (Å²) in [5.74, 6) is 0.577. The minimum Gasteiger partial charge on any atom is -0.487 e. The van der Waals surface area contributed by atoms with Crippen LogP contribution in [0.3, 0.4) is 0 Å². The molecular weight excluding hydrogens is 358 g/mol. The van der Waals surface area contributed by atoms with Gasteiger partial charge in [-0.1, -0.05) is 6.07 Å². The normalized spacial score (nSPS) is 10.3. The number of hydrogen-bond acceptors (Lipinski definition) is 5. The summed E-state index contributed by atoms with van der Waals surface area (Å²) in [5.41, 5.74) is 4.44. The molecule has 2 aromatic carbocycles. The highest BCUT2D eigenvalue weighted by molar-refractivity contribution is 7.14. The molecule has 0 aliphatic heterocycles. The number of amides is 1. The molecule has 6 heteroatoms. The summed E-state index contributed by atoms with van der Waals surface area (Å²) in [4.78, 5) is 18.4. The van der Waals surface area contributed by atoms with Crippen molar-refractivity contribution < 1.29 is 9.53 Å². The fraction of sp³-hybridized carbons (Fsp3) is 0.190. The van der Waals surface area contributed by atoms with Crippen LogP contribution in [0.25, 0.3) is 0 Å². The first-order valence-corrected chi connectivity index (χ1v) is 9.31. The van der Waals surface area contributed by atoms with Crippen LogP contribution in [0.1, 0.15) is 29.3 Å². The molecule has 0 unspecified atom stereocenters. The van der Waals surface area contributed by atoms with E-state index in [0.29, 0.717) is 23.1 Å². The number of nitriles is 1. The average Bonchev–Trinajstić information content (AvgIpc) is 3.11. The van der Waals surface area contributed by atoms with Crippen molar-refractivity contribution in [1.29, 1.82) is 5.26 Å². The molecule has 0 bridgehead atoms. The molecule has 0 aliphatic rings. The van der Waals surface area contributed by atoms with E-state index in [9.17, 15) is 4.79 Å². The number of thiazole rings is 1. The average molecular weight is 377 g/mol. The lowest BCUT2D eigenvalue weighted by Crippen LogP contribution is -2.22. The summed E-state index contributed by atoms with van der Waals surface area (Å²) < 4.78 is 5.72. The quantitative estimate of drug-likeness (QED) is 0.634. The number of benzene rings is 2. The second-order valence-electron chi connectivity index (χ2n) is 6.17. The predicted octanol–water partition coefficient (Wildman–Crippen LogP) is 4.90. The summed E-state index contributed by atoms with van der Waals surface area (Å²) in [6, 6.07) is 14.9. The van der Waals surface area contributed by atoms with Gasteiger partial charge in [0.1, 0.15) is 12.4 Å². The van der Waals surface area contributed by atoms with Gasteiger partial charge in [-0.3, -0.25) is 9.69 Å². The first-order chi connectivity index (χ1) is 13.0. The lowest BCUT2D eigenvalue weighted by Gasteiger charge is -2.19. The van der Waals surface area contributed by atoms with Crippen molar-refractivity contribution in [2.75, 3.05) is 4.90 Å². The Hall–Kier alpha value is -3.17. The lowest BCUT2D eigenvalue weighted by atomic mass is 10.1. The molecule has 0 saturated carbocycles. The molecule has 27 heavy (non-hydrogen) atoms. The van der Waals surface area contributed by atoms with E-state index in [1.807, 2.05) is 37.4 Å². The molecule has 0 atom stereocenters. The van der Waals surface area contributed by atoms with Crippen molar-refractivity contribution in [3.8, 4) is 11.8 Å². The SMILES string of the molecule is CC(=O)N(c1ccc(C)c(C)c1)c1nc(COc2ccc(C#N)cc2)cs1. The second kappa shape index (κ2) is 8.02. The molecule has 0 aliphatic carbocycles. The van der Waals surface area contributed by atoms with Gasteiger partial charge in [-0.2, -0.15) is 5.26 Å². The van der Waals surface area contributed by atoms with Crippen LogP contribution in [0.4, 0.5) is 10.8 Å². The van der Waals surface area contributed by atoms with Gasteiger partial charge in [0.25, 0.3) is 0 Å². The molecule has 3 rings (SSSR count). The number of aryl methyl sites for hydroxylation is 2.